The Labute approximate surface area is 161 Å². The lowest BCUT2D eigenvalue weighted by Gasteiger charge is -2.10. The molecule has 0 saturated carbocycles. The summed E-state index contributed by atoms with van der Waals surface area (Å²) >= 11 is 0. The van der Waals surface area contributed by atoms with Crippen molar-refractivity contribution in [2.45, 2.75) is 0 Å². The monoisotopic (exact) mass is 369 g/mol. The van der Waals surface area contributed by atoms with E-state index in [1.165, 1.54) is 0 Å². The molecule has 0 spiro atoms. The highest BCUT2D eigenvalue weighted by Crippen LogP contribution is 2.40. The van der Waals surface area contributed by atoms with Gasteiger partial charge in [0.1, 0.15) is 22.5 Å². The van der Waals surface area contributed by atoms with Crippen LogP contribution in [-0.2, 0) is 0 Å². The highest BCUT2D eigenvalue weighted by molar-refractivity contribution is 6.08. The average Bonchev–Trinajstić information content (AvgIpc) is 3.12. The maximum atomic E-state index is 15.7. The third-order valence-electron chi connectivity index (χ3n) is 4.87. The Morgan fingerprint density at radius 2 is 1.54 bits per heavy atom. The Hall–Kier alpha value is -3.66. The SMILES string of the molecule is COc1ccc(-c2c(F)c(-c3ccccc3)nc3c2oc2ccccc23)cc1. The number of halogens is 1. The zero-order chi connectivity index (χ0) is 19.1. The molecule has 3 aromatic carbocycles. The van der Waals surface area contributed by atoms with Gasteiger partial charge in [0.05, 0.1) is 12.7 Å². The number of fused-ring (bicyclic) bond motifs is 3. The Balaban J connectivity index is 1.89. The van der Waals surface area contributed by atoms with Crippen molar-refractivity contribution in [3.8, 4) is 28.1 Å². The summed E-state index contributed by atoms with van der Waals surface area (Å²) in [5, 5.41) is 0.865. The van der Waals surface area contributed by atoms with Gasteiger partial charge in [0, 0.05) is 10.9 Å². The van der Waals surface area contributed by atoms with Gasteiger partial charge in [0.25, 0.3) is 0 Å². The van der Waals surface area contributed by atoms with Crippen molar-refractivity contribution in [1.29, 1.82) is 0 Å². The van der Waals surface area contributed by atoms with Crippen molar-refractivity contribution < 1.29 is 13.5 Å². The fourth-order valence-corrected chi connectivity index (χ4v) is 3.49. The molecule has 5 rings (SSSR count). The lowest BCUT2D eigenvalue weighted by molar-refractivity contribution is 0.415. The standard InChI is InChI=1S/C24H16FNO2/c1-27-17-13-11-15(12-14-17)20-21(25)22(16-7-3-2-4-8-16)26-23-18-9-5-6-10-19(18)28-24(20)23/h2-14H,1H3. The van der Waals surface area contributed by atoms with Crippen molar-refractivity contribution in [3.05, 3.63) is 84.7 Å². The number of methoxy groups -OCH3 is 1. The van der Waals surface area contributed by atoms with E-state index < -0.39 is 5.82 Å². The molecule has 0 atom stereocenters. The molecule has 0 radical (unpaired) electrons. The van der Waals surface area contributed by atoms with E-state index in [0.717, 1.165) is 10.9 Å². The fourth-order valence-electron chi connectivity index (χ4n) is 3.49. The van der Waals surface area contributed by atoms with E-state index in [1.807, 2.05) is 78.9 Å². The lowest BCUT2D eigenvalue weighted by atomic mass is 10.0. The summed E-state index contributed by atoms with van der Waals surface area (Å²) in [7, 11) is 1.60. The van der Waals surface area contributed by atoms with Gasteiger partial charge in [-0.25, -0.2) is 9.37 Å². The molecular formula is C24H16FNO2. The predicted molar refractivity (Wildman–Crippen MR) is 109 cm³/mol. The number of benzene rings is 3. The minimum absolute atomic E-state index is 0.311. The fraction of sp³-hybridized carbons (Fsp3) is 0.0417. The second kappa shape index (κ2) is 6.50. The molecule has 136 valence electrons. The van der Waals surface area contributed by atoms with E-state index in [0.29, 0.717) is 39.3 Å². The van der Waals surface area contributed by atoms with E-state index >= 15 is 4.39 Å². The molecule has 4 heteroatoms. The minimum Gasteiger partial charge on any atom is -0.497 e. The Bertz CT molecular complexity index is 1290. The van der Waals surface area contributed by atoms with Crippen LogP contribution < -0.4 is 4.74 Å². The molecule has 2 aromatic heterocycles. The molecule has 0 saturated heterocycles. The first-order chi connectivity index (χ1) is 13.8. The Morgan fingerprint density at radius 3 is 2.29 bits per heavy atom. The minimum atomic E-state index is -0.400. The van der Waals surface area contributed by atoms with Gasteiger partial charge in [-0.15, -0.1) is 0 Å². The summed E-state index contributed by atoms with van der Waals surface area (Å²) in [5.74, 6) is 0.310. The van der Waals surface area contributed by atoms with Crippen LogP contribution in [0.4, 0.5) is 4.39 Å². The molecule has 0 aliphatic carbocycles. The average molecular weight is 369 g/mol. The zero-order valence-corrected chi connectivity index (χ0v) is 15.1. The van der Waals surface area contributed by atoms with Gasteiger partial charge >= 0.3 is 0 Å². The number of pyridine rings is 1. The maximum absolute atomic E-state index is 15.7. The summed E-state index contributed by atoms with van der Waals surface area (Å²) < 4.78 is 27.0. The topological polar surface area (TPSA) is 35.3 Å². The van der Waals surface area contributed by atoms with Crippen LogP contribution in [0.2, 0.25) is 0 Å². The Kier molecular flexibility index (Phi) is 3.83. The van der Waals surface area contributed by atoms with Gasteiger partial charge in [0.2, 0.25) is 0 Å². The molecule has 0 amide bonds. The van der Waals surface area contributed by atoms with Gasteiger partial charge in [-0.3, -0.25) is 0 Å². The third kappa shape index (κ3) is 2.54. The van der Waals surface area contributed by atoms with Crippen LogP contribution in [0.1, 0.15) is 0 Å². The van der Waals surface area contributed by atoms with E-state index in [2.05, 4.69) is 4.98 Å². The molecule has 2 heterocycles. The van der Waals surface area contributed by atoms with E-state index in [1.54, 1.807) is 7.11 Å². The van der Waals surface area contributed by atoms with Gasteiger partial charge < -0.3 is 9.15 Å². The first-order valence-corrected chi connectivity index (χ1v) is 8.97. The van der Waals surface area contributed by atoms with E-state index in [-0.39, 0.29) is 0 Å². The molecular weight excluding hydrogens is 353 g/mol. The number of ether oxygens (including phenoxy) is 1. The number of hydrogen-bond donors (Lipinski definition) is 0. The summed E-state index contributed by atoms with van der Waals surface area (Å²) in [4.78, 5) is 4.66. The van der Waals surface area contributed by atoms with Crippen molar-refractivity contribution >= 4 is 22.1 Å². The predicted octanol–water partition coefficient (Wildman–Crippen LogP) is 6.46. The van der Waals surface area contributed by atoms with Gasteiger partial charge in [0.15, 0.2) is 11.4 Å². The van der Waals surface area contributed by atoms with Crippen LogP contribution in [0.5, 0.6) is 5.75 Å². The first-order valence-electron chi connectivity index (χ1n) is 8.97. The molecule has 3 nitrogen and oxygen atoms in total. The third-order valence-corrected chi connectivity index (χ3v) is 4.87. The lowest BCUT2D eigenvalue weighted by Crippen LogP contribution is -1.95. The van der Waals surface area contributed by atoms with Gasteiger partial charge in [-0.2, -0.15) is 0 Å². The van der Waals surface area contributed by atoms with Crippen molar-refractivity contribution in [3.63, 3.8) is 0 Å². The van der Waals surface area contributed by atoms with Crippen LogP contribution in [-0.4, -0.2) is 12.1 Å². The Morgan fingerprint density at radius 1 is 0.821 bits per heavy atom. The zero-order valence-electron chi connectivity index (χ0n) is 15.1. The molecule has 28 heavy (non-hydrogen) atoms. The van der Waals surface area contributed by atoms with Gasteiger partial charge in [-0.1, -0.05) is 54.6 Å². The number of rotatable bonds is 3. The number of aromatic nitrogens is 1. The largest absolute Gasteiger partial charge is 0.497 e. The molecule has 0 bridgehead atoms. The van der Waals surface area contributed by atoms with E-state index in [9.17, 15) is 0 Å². The van der Waals surface area contributed by atoms with Crippen molar-refractivity contribution in [2.75, 3.05) is 7.11 Å². The summed E-state index contributed by atoms with van der Waals surface area (Å²) in [6, 6.07) is 24.3. The molecule has 0 aliphatic rings. The smallest absolute Gasteiger partial charge is 0.164 e. The number of furan rings is 1. The number of hydrogen-bond acceptors (Lipinski definition) is 3. The van der Waals surface area contributed by atoms with Crippen LogP contribution in [0.25, 0.3) is 44.5 Å². The van der Waals surface area contributed by atoms with Gasteiger partial charge in [-0.05, 0) is 29.8 Å². The highest BCUT2D eigenvalue weighted by Gasteiger charge is 2.22. The normalized spacial score (nSPS) is 11.2. The first kappa shape index (κ1) is 16.5. The van der Waals surface area contributed by atoms with Crippen LogP contribution in [0, 0.1) is 5.82 Å². The molecule has 0 unspecified atom stereocenters. The highest BCUT2D eigenvalue weighted by atomic mass is 19.1. The molecule has 0 aliphatic heterocycles. The van der Waals surface area contributed by atoms with Crippen LogP contribution in [0.3, 0.4) is 0 Å². The molecule has 5 aromatic rings. The van der Waals surface area contributed by atoms with Crippen molar-refractivity contribution in [1.82, 2.24) is 4.98 Å². The van der Waals surface area contributed by atoms with E-state index in [4.69, 9.17) is 9.15 Å². The van der Waals surface area contributed by atoms with Crippen LogP contribution >= 0.6 is 0 Å². The summed E-state index contributed by atoms with van der Waals surface area (Å²) in [6.07, 6.45) is 0. The second-order valence-corrected chi connectivity index (χ2v) is 6.52. The number of nitrogens with zero attached hydrogens (tertiary/aromatic N) is 1. The second-order valence-electron chi connectivity index (χ2n) is 6.52. The summed E-state index contributed by atoms with van der Waals surface area (Å²) in [6.45, 7) is 0. The van der Waals surface area contributed by atoms with Crippen molar-refractivity contribution in [2.24, 2.45) is 0 Å². The molecule has 0 fully saturated rings. The quantitative estimate of drug-likeness (QED) is 0.366. The number of para-hydroxylation sites is 1. The molecule has 0 N–H and O–H groups in total. The maximum Gasteiger partial charge on any atom is 0.164 e. The van der Waals surface area contributed by atoms with Crippen LogP contribution in [0.15, 0.2) is 83.3 Å². The summed E-state index contributed by atoms with van der Waals surface area (Å²) in [5.41, 5.74) is 3.94.